The lowest BCUT2D eigenvalue weighted by molar-refractivity contribution is -0.394. The standard InChI is InChI=1S/C15H12BrN3O5/c1-9-6-11(3-5-13(9)16)17-15(20)7-10-2-4-12(18(21)22)8-14(10)19(23)24/h2-6,8H,7H2,1H3,(H,17,20). The van der Waals surface area contributed by atoms with E-state index >= 15 is 0 Å². The van der Waals surface area contributed by atoms with E-state index in [0.29, 0.717) is 5.69 Å². The maximum absolute atomic E-state index is 12.1. The molecule has 0 spiro atoms. The minimum atomic E-state index is -0.737. The molecule has 2 aromatic rings. The summed E-state index contributed by atoms with van der Waals surface area (Å²) in [7, 11) is 0. The Hall–Kier alpha value is -2.81. The predicted molar refractivity (Wildman–Crippen MR) is 91.0 cm³/mol. The summed E-state index contributed by atoms with van der Waals surface area (Å²) in [5.74, 6) is -0.450. The summed E-state index contributed by atoms with van der Waals surface area (Å²) in [4.78, 5) is 32.4. The number of aryl methyl sites for hydroxylation is 1. The molecular weight excluding hydrogens is 382 g/mol. The lowest BCUT2D eigenvalue weighted by Gasteiger charge is -2.07. The second-order valence-corrected chi connectivity index (χ2v) is 5.87. The van der Waals surface area contributed by atoms with Crippen molar-refractivity contribution in [2.75, 3.05) is 5.32 Å². The normalized spacial score (nSPS) is 10.2. The summed E-state index contributed by atoms with van der Waals surface area (Å²) in [5, 5.41) is 24.4. The molecule has 0 aliphatic carbocycles. The Morgan fingerprint density at radius 3 is 2.42 bits per heavy atom. The molecule has 2 rings (SSSR count). The Labute approximate surface area is 144 Å². The van der Waals surface area contributed by atoms with Gasteiger partial charge in [-0.15, -0.1) is 0 Å². The molecular formula is C15H12BrN3O5. The molecule has 24 heavy (non-hydrogen) atoms. The van der Waals surface area contributed by atoms with Crippen LogP contribution in [0.25, 0.3) is 0 Å². The van der Waals surface area contributed by atoms with E-state index in [2.05, 4.69) is 21.2 Å². The summed E-state index contributed by atoms with van der Waals surface area (Å²) >= 11 is 3.35. The van der Waals surface area contributed by atoms with E-state index in [1.54, 1.807) is 18.2 Å². The molecule has 0 atom stereocenters. The smallest absolute Gasteiger partial charge is 0.279 e. The van der Waals surface area contributed by atoms with Crippen molar-refractivity contribution in [2.24, 2.45) is 0 Å². The highest BCUT2D eigenvalue weighted by atomic mass is 79.9. The first-order chi connectivity index (χ1) is 11.3. The number of carbonyl (C=O) groups excluding carboxylic acids is 1. The van der Waals surface area contributed by atoms with E-state index in [-0.39, 0.29) is 12.0 Å². The fourth-order valence-corrected chi connectivity index (χ4v) is 2.33. The third-order valence-electron chi connectivity index (χ3n) is 3.27. The summed E-state index contributed by atoms with van der Waals surface area (Å²) in [6.07, 6.45) is -0.260. The number of rotatable bonds is 5. The van der Waals surface area contributed by atoms with Gasteiger partial charge in [0.15, 0.2) is 0 Å². The molecule has 0 aromatic heterocycles. The Morgan fingerprint density at radius 2 is 1.83 bits per heavy atom. The first-order valence-electron chi connectivity index (χ1n) is 6.75. The molecule has 0 saturated carbocycles. The van der Waals surface area contributed by atoms with Crippen LogP contribution in [-0.4, -0.2) is 15.8 Å². The molecule has 0 aliphatic rings. The van der Waals surface area contributed by atoms with Crippen molar-refractivity contribution in [1.29, 1.82) is 0 Å². The van der Waals surface area contributed by atoms with Crippen molar-refractivity contribution in [2.45, 2.75) is 13.3 Å². The monoisotopic (exact) mass is 393 g/mol. The van der Waals surface area contributed by atoms with Crippen LogP contribution in [0.5, 0.6) is 0 Å². The molecule has 9 heteroatoms. The summed E-state index contributed by atoms with van der Waals surface area (Å²) < 4.78 is 0.895. The number of carbonyl (C=O) groups is 1. The number of nitro groups is 2. The number of amides is 1. The van der Waals surface area contributed by atoms with Crippen molar-refractivity contribution < 1.29 is 14.6 Å². The van der Waals surface area contributed by atoms with Gasteiger partial charge in [-0.3, -0.25) is 25.0 Å². The van der Waals surface area contributed by atoms with Crippen molar-refractivity contribution >= 4 is 38.9 Å². The quantitative estimate of drug-likeness (QED) is 0.613. The number of halogens is 1. The first kappa shape index (κ1) is 17.5. The van der Waals surface area contributed by atoms with Gasteiger partial charge in [0, 0.05) is 21.8 Å². The average Bonchev–Trinajstić information content (AvgIpc) is 2.50. The number of benzene rings is 2. The van der Waals surface area contributed by atoms with Gasteiger partial charge in [0.05, 0.1) is 22.3 Å². The SMILES string of the molecule is Cc1cc(NC(=O)Cc2ccc([N+](=O)[O-])cc2[N+](=O)[O-])ccc1Br. The zero-order chi connectivity index (χ0) is 17.9. The number of nitrogens with zero attached hydrogens (tertiary/aromatic N) is 2. The molecule has 0 radical (unpaired) electrons. The highest BCUT2D eigenvalue weighted by Crippen LogP contribution is 2.25. The van der Waals surface area contributed by atoms with Crippen LogP contribution < -0.4 is 5.32 Å². The molecule has 0 heterocycles. The zero-order valence-corrected chi connectivity index (χ0v) is 14.1. The van der Waals surface area contributed by atoms with E-state index in [0.717, 1.165) is 22.2 Å². The van der Waals surface area contributed by atoms with Crippen molar-refractivity contribution in [3.8, 4) is 0 Å². The fourth-order valence-electron chi connectivity index (χ4n) is 2.09. The third kappa shape index (κ3) is 4.13. The molecule has 0 unspecified atom stereocenters. The second kappa shape index (κ2) is 7.18. The van der Waals surface area contributed by atoms with Gasteiger partial charge in [-0.25, -0.2) is 0 Å². The van der Waals surface area contributed by atoms with Crippen LogP contribution >= 0.6 is 15.9 Å². The number of nitrogens with one attached hydrogen (secondary N) is 1. The highest BCUT2D eigenvalue weighted by molar-refractivity contribution is 9.10. The number of non-ortho nitro benzene ring substituents is 1. The lowest BCUT2D eigenvalue weighted by atomic mass is 10.1. The Bertz CT molecular complexity index is 838. The van der Waals surface area contributed by atoms with E-state index in [9.17, 15) is 25.0 Å². The van der Waals surface area contributed by atoms with Crippen LogP contribution in [0.1, 0.15) is 11.1 Å². The minimum absolute atomic E-state index is 0.108. The van der Waals surface area contributed by atoms with Gasteiger partial charge >= 0.3 is 0 Å². The Morgan fingerprint density at radius 1 is 1.12 bits per heavy atom. The predicted octanol–water partition coefficient (Wildman–Crippen LogP) is 3.76. The van der Waals surface area contributed by atoms with E-state index in [4.69, 9.17) is 0 Å². The van der Waals surface area contributed by atoms with Gasteiger partial charge in [0.25, 0.3) is 11.4 Å². The molecule has 0 aliphatic heterocycles. The van der Waals surface area contributed by atoms with Gasteiger partial charge in [-0.05, 0) is 36.8 Å². The topological polar surface area (TPSA) is 115 Å². The molecule has 0 fully saturated rings. The lowest BCUT2D eigenvalue weighted by Crippen LogP contribution is -2.15. The number of anilines is 1. The largest absolute Gasteiger partial charge is 0.326 e. The molecule has 0 bridgehead atoms. The molecule has 2 aromatic carbocycles. The van der Waals surface area contributed by atoms with Crippen LogP contribution in [-0.2, 0) is 11.2 Å². The highest BCUT2D eigenvalue weighted by Gasteiger charge is 2.21. The number of hydrogen-bond acceptors (Lipinski definition) is 5. The van der Waals surface area contributed by atoms with E-state index in [1.807, 2.05) is 6.92 Å². The van der Waals surface area contributed by atoms with Gasteiger partial charge in [-0.1, -0.05) is 15.9 Å². The van der Waals surface area contributed by atoms with Crippen molar-refractivity contribution in [3.63, 3.8) is 0 Å². The van der Waals surface area contributed by atoms with Gasteiger partial charge in [0.1, 0.15) is 0 Å². The molecule has 1 amide bonds. The number of hydrogen-bond donors (Lipinski definition) is 1. The van der Waals surface area contributed by atoms with E-state index < -0.39 is 27.1 Å². The van der Waals surface area contributed by atoms with Crippen molar-refractivity contribution in [3.05, 3.63) is 72.2 Å². The van der Waals surface area contributed by atoms with Crippen LogP contribution in [0.15, 0.2) is 40.9 Å². The molecule has 1 N–H and O–H groups in total. The van der Waals surface area contributed by atoms with Gasteiger partial charge < -0.3 is 5.32 Å². The van der Waals surface area contributed by atoms with Crippen LogP contribution in [0.2, 0.25) is 0 Å². The Kier molecular flexibility index (Phi) is 5.24. The maximum Gasteiger partial charge on any atom is 0.279 e. The molecule has 8 nitrogen and oxygen atoms in total. The minimum Gasteiger partial charge on any atom is -0.326 e. The molecule has 124 valence electrons. The first-order valence-corrected chi connectivity index (χ1v) is 7.55. The Balaban J connectivity index is 2.20. The van der Waals surface area contributed by atoms with Gasteiger partial charge in [-0.2, -0.15) is 0 Å². The van der Waals surface area contributed by atoms with E-state index in [1.165, 1.54) is 6.07 Å². The van der Waals surface area contributed by atoms with Crippen molar-refractivity contribution in [1.82, 2.24) is 0 Å². The number of nitro benzene ring substituents is 2. The van der Waals surface area contributed by atoms with Crippen LogP contribution in [0, 0.1) is 27.2 Å². The second-order valence-electron chi connectivity index (χ2n) is 5.02. The summed E-state index contributed by atoms with van der Waals surface area (Å²) in [5.41, 5.74) is 0.747. The van der Waals surface area contributed by atoms with Crippen LogP contribution in [0.3, 0.4) is 0 Å². The molecule has 0 saturated heterocycles. The third-order valence-corrected chi connectivity index (χ3v) is 4.16. The van der Waals surface area contributed by atoms with Crippen LogP contribution in [0.4, 0.5) is 17.1 Å². The average molecular weight is 394 g/mol. The maximum atomic E-state index is 12.1. The zero-order valence-electron chi connectivity index (χ0n) is 12.5. The summed E-state index contributed by atoms with van der Waals surface area (Å²) in [6, 6.07) is 8.44. The van der Waals surface area contributed by atoms with Gasteiger partial charge in [0.2, 0.25) is 5.91 Å². The fraction of sp³-hybridized carbons (Fsp3) is 0.133. The summed E-state index contributed by atoms with van der Waals surface area (Å²) in [6.45, 7) is 1.86.